The molecule has 1 aliphatic carbocycles. The monoisotopic (exact) mass is 580 g/mol. The second kappa shape index (κ2) is 12.7. The van der Waals surface area contributed by atoms with E-state index < -0.39 is 5.60 Å². The van der Waals surface area contributed by atoms with E-state index in [9.17, 15) is 24.2 Å². The Labute approximate surface area is 246 Å². The maximum atomic E-state index is 14.0. The minimum absolute atomic E-state index is 0.0308. The molecule has 42 heavy (non-hydrogen) atoms. The molecule has 226 valence electrons. The zero-order valence-corrected chi connectivity index (χ0v) is 25.2. The van der Waals surface area contributed by atoms with E-state index in [4.69, 9.17) is 9.47 Å². The van der Waals surface area contributed by atoms with E-state index in [0.717, 1.165) is 12.8 Å². The van der Waals surface area contributed by atoms with Gasteiger partial charge < -0.3 is 29.2 Å². The Morgan fingerprint density at radius 2 is 1.69 bits per heavy atom. The Kier molecular flexibility index (Phi) is 9.43. The number of aliphatic hydroxyl groups is 2. The molecule has 0 spiro atoms. The molecule has 9 heteroatoms. The lowest BCUT2D eigenvalue weighted by atomic mass is 9.91. The number of aromatic nitrogens is 1. The van der Waals surface area contributed by atoms with Crippen LogP contribution in [0.15, 0.2) is 47.4 Å². The molecule has 0 unspecified atom stereocenters. The topological polar surface area (TPSA) is 101 Å². The summed E-state index contributed by atoms with van der Waals surface area (Å²) in [6.07, 6.45) is 4.30. The van der Waals surface area contributed by atoms with Gasteiger partial charge in [-0.2, -0.15) is 0 Å². The van der Waals surface area contributed by atoms with E-state index in [1.54, 1.807) is 58.0 Å². The Hall–Kier alpha value is -3.69. The lowest BCUT2D eigenvalue weighted by Gasteiger charge is -2.36. The highest BCUT2D eigenvalue weighted by atomic mass is 19.1. The second-order valence-corrected chi connectivity index (χ2v) is 11.7. The largest absolute Gasteiger partial charge is 0.490 e. The van der Waals surface area contributed by atoms with Crippen molar-refractivity contribution in [3.63, 3.8) is 0 Å². The van der Waals surface area contributed by atoms with Gasteiger partial charge in [-0.15, -0.1) is 0 Å². The molecular formula is C33H41FN2O6. The van der Waals surface area contributed by atoms with E-state index in [1.807, 2.05) is 6.07 Å². The van der Waals surface area contributed by atoms with Crippen LogP contribution < -0.4 is 15.0 Å². The van der Waals surface area contributed by atoms with Gasteiger partial charge in [0.2, 0.25) is 5.91 Å². The van der Waals surface area contributed by atoms with E-state index >= 15 is 0 Å². The van der Waals surface area contributed by atoms with Gasteiger partial charge in [0.1, 0.15) is 23.1 Å². The molecule has 0 atom stereocenters. The van der Waals surface area contributed by atoms with Crippen molar-refractivity contribution in [3.8, 4) is 28.4 Å². The van der Waals surface area contributed by atoms with Gasteiger partial charge in [-0.05, 0) is 94.3 Å². The van der Waals surface area contributed by atoms with Crippen molar-refractivity contribution < 1.29 is 28.9 Å². The number of hydrogen-bond donors (Lipinski definition) is 2. The number of aryl methyl sites for hydroxylation is 3. The first-order valence-corrected chi connectivity index (χ1v) is 14.4. The molecule has 1 heterocycles. The number of hydrogen-bond acceptors (Lipinski definition) is 6. The molecule has 1 fully saturated rings. The number of carbonyl (C=O) groups excluding carboxylic acids is 1. The molecule has 3 aromatic rings. The summed E-state index contributed by atoms with van der Waals surface area (Å²) in [7, 11) is 1.66. The van der Waals surface area contributed by atoms with Crippen LogP contribution in [-0.4, -0.2) is 50.9 Å². The molecule has 0 bridgehead atoms. The second-order valence-electron chi connectivity index (χ2n) is 11.7. The summed E-state index contributed by atoms with van der Waals surface area (Å²) in [5.41, 5.74) is 1.77. The van der Waals surface area contributed by atoms with Crippen LogP contribution in [0.5, 0.6) is 17.2 Å². The number of benzene rings is 2. The van der Waals surface area contributed by atoms with Crippen molar-refractivity contribution in [1.82, 2.24) is 9.47 Å². The molecule has 1 aliphatic rings. The SMILES string of the molecule is CC(=O)N(CCO)C1CCC(Oc2cc(=O)n(C)cc2-c2cc(C(C)(C)O)ccc2Oc2c(C)cc(F)cc2C)CC1. The van der Waals surface area contributed by atoms with Crippen LogP contribution in [0.25, 0.3) is 11.1 Å². The predicted octanol–water partition coefficient (Wildman–Crippen LogP) is 5.36. The smallest absolute Gasteiger partial charge is 0.254 e. The van der Waals surface area contributed by atoms with Crippen molar-refractivity contribution in [1.29, 1.82) is 0 Å². The van der Waals surface area contributed by atoms with Crippen molar-refractivity contribution in [2.24, 2.45) is 7.05 Å². The molecule has 0 radical (unpaired) electrons. The molecule has 4 rings (SSSR count). The van der Waals surface area contributed by atoms with Gasteiger partial charge in [0.05, 0.1) is 18.3 Å². The summed E-state index contributed by atoms with van der Waals surface area (Å²) in [6, 6.07) is 9.70. The van der Waals surface area contributed by atoms with Crippen LogP contribution in [0.4, 0.5) is 4.39 Å². The van der Waals surface area contributed by atoms with Crippen LogP contribution in [0.2, 0.25) is 0 Å². The normalized spacial score (nSPS) is 17.2. The average Bonchev–Trinajstić information content (AvgIpc) is 2.91. The van der Waals surface area contributed by atoms with Crippen LogP contribution in [0.1, 0.15) is 63.1 Å². The molecular weight excluding hydrogens is 539 g/mol. The highest BCUT2D eigenvalue weighted by Gasteiger charge is 2.29. The Balaban J connectivity index is 1.73. The van der Waals surface area contributed by atoms with Crippen LogP contribution >= 0.6 is 0 Å². The van der Waals surface area contributed by atoms with E-state index in [-0.39, 0.29) is 36.0 Å². The third-order valence-corrected chi connectivity index (χ3v) is 7.93. The van der Waals surface area contributed by atoms with Crippen molar-refractivity contribution in [2.75, 3.05) is 13.2 Å². The maximum Gasteiger partial charge on any atom is 0.254 e. The zero-order valence-electron chi connectivity index (χ0n) is 25.2. The summed E-state index contributed by atoms with van der Waals surface area (Å²) < 4.78 is 28.4. The number of aliphatic hydroxyl groups excluding tert-OH is 1. The fourth-order valence-corrected chi connectivity index (χ4v) is 5.65. The number of carbonyl (C=O) groups is 1. The third-order valence-electron chi connectivity index (χ3n) is 7.93. The first-order chi connectivity index (χ1) is 19.8. The molecule has 8 nitrogen and oxygen atoms in total. The molecule has 2 N–H and O–H groups in total. The molecule has 1 amide bonds. The number of nitrogens with zero attached hydrogens (tertiary/aromatic N) is 2. The lowest BCUT2D eigenvalue weighted by Crippen LogP contribution is -2.44. The van der Waals surface area contributed by atoms with Gasteiger partial charge in [0.15, 0.2) is 0 Å². The van der Waals surface area contributed by atoms with Crippen LogP contribution in [0.3, 0.4) is 0 Å². The van der Waals surface area contributed by atoms with Gasteiger partial charge in [0.25, 0.3) is 5.56 Å². The van der Waals surface area contributed by atoms with Crippen LogP contribution in [0, 0.1) is 19.7 Å². The lowest BCUT2D eigenvalue weighted by molar-refractivity contribution is -0.132. The molecule has 1 saturated carbocycles. The van der Waals surface area contributed by atoms with Gasteiger partial charge in [-0.1, -0.05) is 6.07 Å². The fraction of sp³-hybridized carbons (Fsp3) is 0.455. The predicted molar refractivity (Wildman–Crippen MR) is 159 cm³/mol. The van der Waals surface area contributed by atoms with Crippen molar-refractivity contribution in [3.05, 3.63) is 75.5 Å². The quantitative estimate of drug-likeness (QED) is 0.354. The van der Waals surface area contributed by atoms with Gasteiger partial charge in [-0.25, -0.2) is 4.39 Å². The molecule has 0 aliphatic heterocycles. The third kappa shape index (κ3) is 7.02. The average molecular weight is 581 g/mol. The maximum absolute atomic E-state index is 14.0. The highest BCUT2D eigenvalue weighted by molar-refractivity contribution is 5.77. The number of halogens is 1. The number of pyridine rings is 1. The summed E-state index contributed by atoms with van der Waals surface area (Å²) in [4.78, 5) is 26.6. The summed E-state index contributed by atoms with van der Waals surface area (Å²) >= 11 is 0. The Bertz CT molecular complexity index is 1480. The van der Waals surface area contributed by atoms with Gasteiger partial charge >= 0.3 is 0 Å². The van der Waals surface area contributed by atoms with Gasteiger partial charge in [-0.3, -0.25) is 9.59 Å². The first kappa shape index (κ1) is 31.3. The van der Waals surface area contributed by atoms with Crippen molar-refractivity contribution >= 4 is 5.91 Å². The number of amides is 1. The zero-order chi connectivity index (χ0) is 30.8. The van der Waals surface area contributed by atoms with E-state index in [1.165, 1.54) is 29.7 Å². The standard InChI is InChI=1S/C33H41FN2O6/c1-20-15-24(34)16-21(2)32(20)42-29-12-7-23(33(4,5)40)17-27(29)28-19-35(6)31(39)18-30(28)41-26-10-8-25(9-11-26)36(13-14-37)22(3)38/h7,12,15-19,25-26,37,40H,8-11,13-14H2,1-6H3. The fourth-order valence-electron chi connectivity index (χ4n) is 5.65. The number of ether oxygens (including phenoxy) is 2. The minimum Gasteiger partial charge on any atom is -0.490 e. The Morgan fingerprint density at radius 3 is 2.26 bits per heavy atom. The first-order valence-electron chi connectivity index (χ1n) is 14.4. The summed E-state index contributed by atoms with van der Waals surface area (Å²) in [5, 5.41) is 20.2. The molecule has 2 aromatic carbocycles. The van der Waals surface area contributed by atoms with E-state index in [0.29, 0.717) is 64.5 Å². The van der Waals surface area contributed by atoms with E-state index in [2.05, 4.69) is 0 Å². The minimum atomic E-state index is -1.15. The number of rotatable bonds is 9. The Morgan fingerprint density at radius 1 is 1.05 bits per heavy atom. The molecule has 1 aromatic heterocycles. The summed E-state index contributed by atoms with van der Waals surface area (Å²) in [6.45, 7) is 8.68. The van der Waals surface area contributed by atoms with Gasteiger partial charge in [0, 0.05) is 49.9 Å². The molecule has 0 saturated heterocycles. The highest BCUT2D eigenvalue weighted by Crippen LogP contribution is 2.42. The van der Waals surface area contributed by atoms with Crippen LogP contribution in [-0.2, 0) is 17.4 Å². The summed E-state index contributed by atoms with van der Waals surface area (Å²) in [5.74, 6) is 0.978. The van der Waals surface area contributed by atoms with Crippen molar-refractivity contribution in [2.45, 2.75) is 78.0 Å².